The summed E-state index contributed by atoms with van der Waals surface area (Å²) >= 11 is 0. The first-order chi connectivity index (χ1) is 5.31. The molecule has 0 N–H and O–H groups in total. The SMILES string of the molecule is CCCOCCN(C)CCC. The lowest BCUT2D eigenvalue weighted by atomic mass is 10.4. The number of nitrogens with zero attached hydrogens (tertiary/aromatic N) is 1. The van der Waals surface area contributed by atoms with Crippen LogP contribution in [0.4, 0.5) is 0 Å². The standard InChI is InChI=1S/C9H21NO/c1-4-6-10(3)7-9-11-8-5-2/h4-9H2,1-3H3. The Kier molecular flexibility index (Phi) is 7.96. The minimum absolute atomic E-state index is 0.879. The largest absolute Gasteiger partial charge is 0.380 e. The van der Waals surface area contributed by atoms with Crippen molar-refractivity contribution in [2.24, 2.45) is 0 Å². The molecule has 0 heterocycles. The Balaban J connectivity index is 2.97. The molecule has 2 nitrogen and oxygen atoms in total. The molecule has 0 bridgehead atoms. The van der Waals surface area contributed by atoms with Crippen LogP contribution in [0.3, 0.4) is 0 Å². The fourth-order valence-corrected chi connectivity index (χ4v) is 0.960. The van der Waals surface area contributed by atoms with E-state index < -0.39 is 0 Å². The molecule has 68 valence electrons. The van der Waals surface area contributed by atoms with E-state index in [0.29, 0.717) is 0 Å². The van der Waals surface area contributed by atoms with Crippen LogP contribution in [0.15, 0.2) is 0 Å². The second-order valence-corrected chi connectivity index (χ2v) is 2.92. The van der Waals surface area contributed by atoms with Crippen molar-refractivity contribution in [1.29, 1.82) is 0 Å². The van der Waals surface area contributed by atoms with Crippen LogP contribution in [0.25, 0.3) is 0 Å². The first-order valence-electron chi connectivity index (χ1n) is 4.57. The van der Waals surface area contributed by atoms with Crippen LogP contribution < -0.4 is 0 Å². The number of likely N-dealkylation sites (N-methyl/N-ethyl adjacent to an activating group) is 1. The van der Waals surface area contributed by atoms with Crippen LogP contribution in [-0.4, -0.2) is 38.3 Å². The molecule has 0 aliphatic rings. The van der Waals surface area contributed by atoms with Crippen LogP contribution >= 0.6 is 0 Å². The third-order valence-corrected chi connectivity index (χ3v) is 1.57. The van der Waals surface area contributed by atoms with Gasteiger partial charge in [-0.2, -0.15) is 0 Å². The molecule has 0 unspecified atom stereocenters. The Bertz CT molecular complexity index is 76.0. The Morgan fingerprint density at radius 1 is 1.00 bits per heavy atom. The molecule has 0 rings (SSSR count). The van der Waals surface area contributed by atoms with E-state index in [4.69, 9.17) is 4.74 Å². The molecule has 2 heteroatoms. The zero-order valence-corrected chi connectivity index (χ0v) is 8.10. The predicted molar refractivity (Wildman–Crippen MR) is 48.9 cm³/mol. The van der Waals surface area contributed by atoms with E-state index in [1.54, 1.807) is 0 Å². The van der Waals surface area contributed by atoms with Crippen LogP contribution in [-0.2, 0) is 4.74 Å². The van der Waals surface area contributed by atoms with Crippen molar-refractivity contribution < 1.29 is 4.74 Å². The molecule has 0 saturated heterocycles. The average Bonchev–Trinajstić information content (AvgIpc) is 1.99. The molecule has 0 spiro atoms. The van der Waals surface area contributed by atoms with Gasteiger partial charge in [-0.05, 0) is 26.4 Å². The molecule has 0 aromatic carbocycles. The number of hydrogen-bond donors (Lipinski definition) is 0. The van der Waals surface area contributed by atoms with Gasteiger partial charge < -0.3 is 9.64 Å². The summed E-state index contributed by atoms with van der Waals surface area (Å²) in [4.78, 5) is 2.30. The number of rotatable bonds is 7. The molecule has 0 aromatic heterocycles. The maximum atomic E-state index is 5.36. The van der Waals surface area contributed by atoms with Gasteiger partial charge in [0.15, 0.2) is 0 Å². The maximum absolute atomic E-state index is 5.36. The Hall–Kier alpha value is -0.0800. The van der Waals surface area contributed by atoms with E-state index in [-0.39, 0.29) is 0 Å². The Morgan fingerprint density at radius 3 is 2.27 bits per heavy atom. The first kappa shape index (κ1) is 10.9. The first-order valence-corrected chi connectivity index (χ1v) is 4.57. The van der Waals surface area contributed by atoms with Crippen LogP contribution in [0.2, 0.25) is 0 Å². The molecule has 0 radical (unpaired) electrons. The third kappa shape index (κ3) is 7.82. The van der Waals surface area contributed by atoms with Gasteiger partial charge >= 0.3 is 0 Å². The van der Waals surface area contributed by atoms with E-state index in [1.165, 1.54) is 13.0 Å². The van der Waals surface area contributed by atoms with Gasteiger partial charge in [-0.1, -0.05) is 13.8 Å². The minimum atomic E-state index is 0.879. The molecule has 0 fully saturated rings. The van der Waals surface area contributed by atoms with Crippen molar-refractivity contribution in [3.05, 3.63) is 0 Å². The van der Waals surface area contributed by atoms with Crippen molar-refractivity contribution in [3.63, 3.8) is 0 Å². The van der Waals surface area contributed by atoms with Gasteiger partial charge in [-0.3, -0.25) is 0 Å². The highest BCUT2D eigenvalue weighted by molar-refractivity contribution is 4.47. The summed E-state index contributed by atoms with van der Waals surface area (Å²) in [6.07, 6.45) is 2.35. The minimum Gasteiger partial charge on any atom is -0.380 e. The Morgan fingerprint density at radius 2 is 1.73 bits per heavy atom. The highest BCUT2D eigenvalue weighted by atomic mass is 16.5. The van der Waals surface area contributed by atoms with Crippen LogP contribution in [0, 0.1) is 0 Å². The van der Waals surface area contributed by atoms with E-state index in [2.05, 4.69) is 25.8 Å². The molecule has 0 saturated carbocycles. The zero-order valence-electron chi connectivity index (χ0n) is 8.10. The van der Waals surface area contributed by atoms with E-state index in [9.17, 15) is 0 Å². The molecular formula is C9H21NO. The van der Waals surface area contributed by atoms with Gasteiger partial charge in [0.25, 0.3) is 0 Å². The molecule has 0 aliphatic carbocycles. The molecule has 0 aliphatic heterocycles. The highest BCUT2D eigenvalue weighted by Crippen LogP contribution is 1.87. The molecule has 11 heavy (non-hydrogen) atoms. The summed E-state index contributed by atoms with van der Waals surface area (Å²) in [6, 6.07) is 0. The van der Waals surface area contributed by atoms with Gasteiger partial charge in [0.05, 0.1) is 6.61 Å². The number of hydrogen-bond acceptors (Lipinski definition) is 2. The lowest BCUT2D eigenvalue weighted by Gasteiger charge is -2.14. The summed E-state index contributed by atoms with van der Waals surface area (Å²) in [7, 11) is 2.14. The molecule has 0 atom stereocenters. The fourth-order valence-electron chi connectivity index (χ4n) is 0.960. The van der Waals surface area contributed by atoms with Crippen molar-refractivity contribution in [1.82, 2.24) is 4.90 Å². The van der Waals surface area contributed by atoms with Gasteiger partial charge in [0.1, 0.15) is 0 Å². The smallest absolute Gasteiger partial charge is 0.0593 e. The Labute approximate surface area is 70.5 Å². The summed E-state index contributed by atoms with van der Waals surface area (Å²) in [5.74, 6) is 0. The summed E-state index contributed by atoms with van der Waals surface area (Å²) in [5.41, 5.74) is 0. The number of ether oxygens (including phenoxy) is 1. The summed E-state index contributed by atoms with van der Waals surface area (Å²) < 4.78 is 5.36. The van der Waals surface area contributed by atoms with Crippen LogP contribution in [0.5, 0.6) is 0 Å². The van der Waals surface area contributed by atoms with E-state index in [1.807, 2.05) is 0 Å². The molecule has 0 aromatic rings. The summed E-state index contributed by atoms with van der Waals surface area (Å²) in [6.45, 7) is 8.35. The van der Waals surface area contributed by atoms with Gasteiger partial charge in [0.2, 0.25) is 0 Å². The monoisotopic (exact) mass is 159 g/mol. The highest BCUT2D eigenvalue weighted by Gasteiger charge is 1.94. The topological polar surface area (TPSA) is 12.5 Å². The van der Waals surface area contributed by atoms with Gasteiger partial charge in [-0.15, -0.1) is 0 Å². The van der Waals surface area contributed by atoms with Crippen molar-refractivity contribution in [3.8, 4) is 0 Å². The maximum Gasteiger partial charge on any atom is 0.0593 e. The lowest BCUT2D eigenvalue weighted by molar-refractivity contribution is 0.112. The zero-order chi connectivity index (χ0) is 8.53. The average molecular weight is 159 g/mol. The van der Waals surface area contributed by atoms with Crippen molar-refractivity contribution in [2.75, 3.05) is 33.4 Å². The lowest BCUT2D eigenvalue weighted by Crippen LogP contribution is -2.23. The second kappa shape index (κ2) is 8.02. The second-order valence-electron chi connectivity index (χ2n) is 2.92. The van der Waals surface area contributed by atoms with E-state index >= 15 is 0 Å². The fraction of sp³-hybridized carbons (Fsp3) is 1.00. The van der Waals surface area contributed by atoms with E-state index in [0.717, 1.165) is 26.2 Å². The van der Waals surface area contributed by atoms with Crippen molar-refractivity contribution in [2.45, 2.75) is 26.7 Å². The van der Waals surface area contributed by atoms with Gasteiger partial charge in [0, 0.05) is 13.2 Å². The van der Waals surface area contributed by atoms with Crippen LogP contribution in [0.1, 0.15) is 26.7 Å². The normalized spacial score (nSPS) is 10.9. The third-order valence-electron chi connectivity index (χ3n) is 1.57. The van der Waals surface area contributed by atoms with Gasteiger partial charge in [-0.25, -0.2) is 0 Å². The predicted octanol–water partition coefficient (Wildman–Crippen LogP) is 1.75. The molecule has 0 amide bonds. The summed E-state index contributed by atoms with van der Waals surface area (Å²) in [5, 5.41) is 0. The van der Waals surface area contributed by atoms with Crippen molar-refractivity contribution >= 4 is 0 Å². The quantitative estimate of drug-likeness (QED) is 0.525. The molecular weight excluding hydrogens is 138 g/mol.